The van der Waals surface area contributed by atoms with Crippen LogP contribution in [0.5, 0.6) is 0 Å². The van der Waals surface area contributed by atoms with Crippen LogP contribution >= 0.6 is 11.3 Å². The van der Waals surface area contributed by atoms with Crippen molar-refractivity contribution in [1.29, 1.82) is 0 Å². The van der Waals surface area contributed by atoms with Crippen molar-refractivity contribution in [3.63, 3.8) is 0 Å². The van der Waals surface area contributed by atoms with Crippen molar-refractivity contribution in [2.24, 2.45) is 0 Å². The Morgan fingerprint density at radius 1 is 1.33 bits per heavy atom. The zero-order valence-electron chi connectivity index (χ0n) is 13.4. The molecule has 1 aromatic rings. The minimum atomic E-state index is 0.118. The summed E-state index contributed by atoms with van der Waals surface area (Å²) < 4.78 is 0. The molecule has 5 heteroatoms. The molecule has 0 radical (unpaired) electrons. The number of carbonyl (C=O) groups excluding carboxylic acids is 1. The first-order chi connectivity index (χ1) is 9.97. The number of likely N-dealkylation sites (tertiary alicyclic amines) is 1. The summed E-state index contributed by atoms with van der Waals surface area (Å²) in [5.74, 6) is 0.293. The van der Waals surface area contributed by atoms with Gasteiger partial charge in [0.15, 0.2) is 0 Å². The smallest absolute Gasteiger partial charge is 0.223 e. The van der Waals surface area contributed by atoms with Crippen molar-refractivity contribution in [2.45, 2.75) is 58.4 Å². The van der Waals surface area contributed by atoms with Gasteiger partial charge in [-0.05, 0) is 19.3 Å². The van der Waals surface area contributed by atoms with E-state index in [1.165, 1.54) is 16.3 Å². The first kappa shape index (κ1) is 16.4. The molecule has 2 heterocycles. The van der Waals surface area contributed by atoms with E-state index in [1.54, 1.807) is 11.3 Å². The van der Waals surface area contributed by atoms with Crippen molar-refractivity contribution < 1.29 is 4.79 Å². The second kappa shape index (κ2) is 7.36. The van der Waals surface area contributed by atoms with Crippen LogP contribution in [0, 0.1) is 0 Å². The van der Waals surface area contributed by atoms with E-state index in [4.69, 9.17) is 0 Å². The summed E-state index contributed by atoms with van der Waals surface area (Å²) in [6, 6.07) is 0. The first-order valence-electron chi connectivity index (χ1n) is 7.90. The summed E-state index contributed by atoms with van der Waals surface area (Å²) >= 11 is 1.76. The molecule has 0 aliphatic carbocycles. The Balaban J connectivity index is 1.67. The van der Waals surface area contributed by atoms with E-state index < -0.39 is 0 Å². The van der Waals surface area contributed by atoms with Gasteiger partial charge in [-0.2, -0.15) is 0 Å². The maximum atomic E-state index is 12.0. The maximum absolute atomic E-state index is 12.0. The maximum Gasteiger partial charge on any atom is 0.223 e. The normalized spacial score (nSPS) is 16.2. The highest BCUT2D eigenvalue weighted by molar-refractivity contribution is 7.11. The third kappa shape index (κ3) is 5.08. The van der Waals surface area contributed by atoms with Gasteiger partial charge in [0.1, 0.15) is 0 Å². The number of thiazole rings is 1. The van der Waals surface area contributed by atoms with Crippen LogP contribution in [-0.2, 0) is 16.8 Å². The fourth-order valence-electron chi connectivity index (χ4n) is 2.44. The molecule has 118 valence electrons. The molecule has 1 N–H and O–H groups in total. The highest BCUT2D eigenvalue weighted by atomic mass is 32.1. The Bertz CT molecular complexity index is 458. The summed E-state index contributed by atoms with van der Waals surface area (Å²) in [5.41, 5.74) is 0.118. The molecule has 1 saturated heterocycles. The Morgan fingerprint density at radius 3 is 2.67 bits per heavy atom. The number of piperidine rings is 1. The molecule has 21 heavy (non-hydrogen) atoms. The Labute approximate surface area is 132 Å². The monoisotopic (exact) mass is 309 g/mol. The molecule has 1 aromatic heterocycles. The van der Waals surface area contributed by atoms with Gasteiger partial charge in [-0.25, -0.2) is 4.98 Å². The van der Waals surface area contributed by atoms with Gasteiger partial charge in [-0.1, -0.05) is 20.8 Å². The van der Waals surface area contributed by atoms with Gasteiger partial charge < -0.3 is 10.2 Å². The summed E-state index contributed by atoms with van der Waals surface area (Å²) in [6.45, 7) is 9.99. The fraction of sp³-hybridized carbons (Fsp3) is 0.750. The molecule has 0 spiro atoms. The van der Waals surface area contributed by atoms with Crippen LogP contribution in [0.2, 0.25) is 0 Å². The van der Waals surface area contributed by atoms with E-state index in [-0.39, 0.29) is 5.41 Å². The molecular formula is C16H27N3OS. The quantitative estimate of drug-likeness (QED) is 0.851. The molecule has 0 aromatic carbocycles. The Kier molecular flexibility index (Phi) is 5.76. The zero-order chi connectivity index (χ0) is 15.3. The van der Waals surface area contributed by atoms with E-state index >= 15 is 0 Å². The lowest BCUT2D eigenvalue weighted by molar-refractivity contribution is -0.131. The van der Waals surface area contributed by atoms with E-state index in [0.717, 1.165) is 39.0 Å². The zero-order valence-corrected chi connectivity index (χ0v) is 14.3. The van der Waals surface area contributed by atoms with Gasteiger partial charge in [-0.15, -0.1) is 11.3 Å². The van der Waals surface area contributed by atoms with E-state index in [9.17, 15) is 4.79 Å². The minimum absolute atomic E-state index is 0.118. The Morgan fingerprint density at radius 2 is 2.05 bits per heavy atom. The number of nitrogens with one attached hydrogen (secondary N) is 1. The van der Waals surface area contributed by atoms with Gasteiger partial charge in [0.05, 0.1) is 5.01 Å². The summed E-state index contributed by atoms with van der Waals surface area (Å²) in [5, 5.41) is 4.53. The van der Waals surface area contributed by atoms with Crippen LogP contribution in [-0.4, -0.2) is 35.4 Å². The summed E-state index contributed by atoms with van der Waals surface area (Å²) in [7, 11) is 0. The van der Waals surface area contributed by atoms with Gasteiger partial charge in [0.2, 0.25) is 5.91 Å². The lowest BCUT2D eigenvalue weighted by Crippen LogP contribution is -2.37. The molecule has 0 unspecified atom stereocenters. The molecule has 1 amide bonds. The van der Waals surface area contributed by atoms with Crippen LogP contribution in [0.25, 0.3) is 0 Å². The Hall–Kier alpha value is -0.940. The number of carbonyl (C=O) groups is 1. The third-order valence-electron chi connectivity index (χ3n) is 3.72. The summed E-state index contributed by atoms with van der Waals surface area (Å²) in [4.78, 5) is 19.7. The SMILES string of the molecule is CC(C)(C)c1ncc(CNCCC(=O)N2CCCCC2)s1. The fourth-order valence-corrected chi connectivity index (χ4v) is 3.38. The highest BCUT2D eigenvalue weighted by Gasteiger charge is 2.18. The molecule has 0 bridgehead atoms. The number of aromatic nitrogens is 1. The lowest BCUT2D eigenvalue weighted by Gasteiger charge is -2.26. The molecule has 1 aliphatic rings. The van der Waals surface area contributed by atoms with Gasteiger partial charge in [-0.3, -0.25) is 4.79 Å². The van der Waals surface area contributed by atoms with Crippen molar-refractivity contribution >= 4 is 17.2 Å². The number of nitrogens with zero attached hydrogens (tertiary/aromatic N) is 2. The molecule has 1 aliphatic heterocycles. The predicted octanol–water partition coefficient (Wildman–Crippen LogP) is 2.93. The number of hydrogen-bond acceptors (Lipinski definition) is 4. The second-order valence-corrected chi connectivity index (χ2v) is 7.87. The predicted molar refractivity (Wildman–Crippen MR) is 87.6 cm³/mol. The number of hydrogen-bond donors (Lipinski definition) is 1. The van der Waals surface area contributed by atoms with Crippen molar-refractivity contribution in [3.05, 3.63) is 16.1 Å². The molecule has 0 saturated carbocycles. The van der Waals surface area contributed by atoms with E-state index in [0.29, 0.717) is 12.3 Å². The van der Waals surface area contributed by atoms with Crippen LogP contribution in [0.15, 0.2) is 6.20 Å². The van der Waals surface area contributed by atoms with Crippen molar-refractivity contribution in [1.82, 2.24) is 15.2 Å². The first-order valence-corrected chi connectivity index (χ1v) is 8.72. The molecule has 2 rings (SSSR count). The second-order valence-electron chi connectivity index (χ2n) is 6.75. The molecule has 1 fully saturated rings. The van der Waals surface area contributed by atoms with Gasteiger partial charge in [0.25, 0.3) is 0 Å². The molecule has 0 atom stereocenters. The lowest BCUT2D eigenvalue weighted by atomic mass is 9.98. The van der Waals surface area contributed by atoms with Gasteiger partial charge in [0, 0.05) is 49.1 Å². The number of amides is 1. The highest BCUT2D eigenvalue weighted by Crippen LogP contribution is 2.26. The van der Waals surface area contributed by atoms with E-state index in [1.807, 2.05) is 11.1 Å². The number of rotatable bonds is 5. The molecular weight excluding hydrogens is 282 g/mol. The van der Waals surface area contributed by atoms with Crippen LogP contribution in [0.4, 0.5) is 0 Å². The van der Waals surface area contributed by atoms with Crippen molar-refractivity contribution in [3.8, 4) is 0 Å². The van der Waals surface area contributed by atoms with Crippen molar-refractivity contribution in [2.75, 3.05) is 19.6 Å². The van der Waals surface area contributed by atoms with E-state index in [2.05, 4.69) is 31.1 Å². The third-order valence-corrected chi connectivity index (χ3v) is 5.14. The largest absolute Gasteiger partial charge is 0.343 e. The van der Waals surface area contributed by atoms with Crippen LogP contribution in [0.3, 0.4) is 0 Å². The average molecular weight is 309 g/mol. The van der Waals surface area contributed by atoms with Gasteiger partial charge >= 0.3 is 0 Å². The average Bonchev–Trinajstić information content (AvgIpc) is 2.93. The van der Waals surface area contributed by atoms with Crippen LogP contribution in [0.1, 0.15) is 56.3 Å². The summed E-state index contributed by atoms with van der Waals surface area (Å²) in [6.07, 6.45) is 6.14. The standard InChI is InChI=1S/C16H27N3OS/c1-16(2,3)15-18-12-13(21-15)11-17-8-7-14(20)19-9-5-4-6-10-19/h12,17H,4-11H2,1-3H3. The minimum Gasteiger partial charge on any atom is -0.343 e. The molecule has 4 nitrogen and oxygen atoms in total. The van der Waals surface area contributed by atoms with Crippen LogP contribution < -0.4 is 5.32 Å². The topological polar surface area (TPSA) is 45.2 Å².